The van der Waals surface area contributed by atoms with Gasteiger partial charge in [-0.15, -0.1) is 11.6 Å². The van der Waals surface area contributed by atoms with Crippen LogP contribution in [-0.2, 0) is 0 Å². The molecule has 6 heteroatoms. The average molecular weight is 370 g/mol. The fourth-order valence-electron chi connectivity index (χ4n) is 1.67. The molecule has 0 aliphatic heterocycles. The Morgan fingerprint density at radius 1 is 1.05 bits per heavy atom. The van der Waals surface area contributed by atoms with E-state index >= 15 is 0 Å². The third-order valence-corrected chi connectivity index (χ3v) is 4.32. The van der Waals surface area contributed by atoms with Crippen molar-refractivity contribution in [2.75, 3.05) is 0 Å². The highest BCUT2D eigenvalue weighted by atomic mass is 79.9. The number of rotatable bonds is 2. The molecule has 0 aliphatic carbocycles. The van der Waals surface area contributed by atoms with Crippen molar-refractivity contribution in [3.8, 4) is 0 Å². The summed E-state index contributed by atoms with van der Waals surface area (Å²) in [4.78, 5) is 0. The second-order valence-corrected chi connectivity index (χ2v) is 5.46. The molecular weight excluding hydrogens is 364 g/mol. The molecule has 1 atom stereocenters. The fourth-order valence-corrected chi connectivity index (χ4v) is 2.73. The van der Waals surface area contributed by atoms with Crippen LogP contribution in [0.2, 0.25) is 5.02 Å². The van der Waals surface area contributed by atoms with E-state index in [-0.39, 0.29) is 5.02 Å². The first-order chi connectivity index (χ1) is 8.91. The lowest BCUT2D eigenvalue weighted by atomic mass is 10.0. The van der Waals surface area contributed by atoms with E-state index in [1.165, 1.54) is 0 Å². The maximum Gasteiger partial charge on any atom is 0.134 e. The van der Waals surface area contributed by atoms with Crippen molar-refractivity contribution >= 4 is 39.1 Å². The summed E-state index contributed by atoms with van der Waals surface area (Å²) in [5.74, 6) is -3.09. The lowest BCUT2D eigenvalue weighted by Gasteiger charge is -2.14. The Morgan fingerprint density at radius 3 is 2.21 bits per heavy atom. The van der Waals surface area contributed by atoms with Crippen LogP contribution >= 0.6 is 39.1 Å². The molecule has 100 valence electrons. The lowest BCUT2D eigenvalue weighted by Crippen LogP contribution is -2.03. The van der Waals surface area contributed by atoms with E-state index < -0.39 is 28.4 Å². The summed E-state index contributed by atoms with van der Waals surface area (Å²) in [6, 6.07) is 6.03. The van der Waals surface area contributed by atoms with Crippen LogP contribution in [-0.4, -0.2) is 0 Å². The summed E-state index contributed by atoms with van der Waals surface area (Å²) in [7, 11) is 0. The molecule has 0 aliphatic rings. The van der Waals surface area contributed by atoms with Crippen LogP contribution in [0.5, 0.6) is 0 Å². The van der Waals surface area contributed by atoms with E-state index in [4.69, 9.17) is 23.2 Å². The van der Waals surface area contributed by atoms with Gasteiger partial charge < -0.3 is 0 Å². The second-order valence-electron chi connectivity index (χ2n) is 3.79. The van der Waals surface area contributed by atoms with Crippen molar-refractivity contribution in [1.29, 1.82) is 0 Å². The van der Waals surface area contributed by atoms with Crippen molar-refractivity contribution < 1.29 is 13.2 Å². The molecule has 2 aromatic carbocycles. The van der Waals surface area contributed by atoms with Crippen molar-refractivity contribution in [2.45, 2.75) is 5.38 Å². The zero-order valence-electron chi connectivity index (χ0n) is 9.23. The first-order valence-electron chi connectivity index (χ1n) is 5.14. The van der Waals surface area contributed by atoms with Crippen LogP contribution in [0.25, 0.3) is 0 Å². The van der Waals surface area contributed by atoms with Crippen molar-refractivity contribution in [3.05, 3.63) is 68.4 Å². The van der Waals surface area contributed by atoms with Gasteiger partial charge in [0.25, 0.3) is 0 Å². The van der Waals surface area contributed by atoms with Crippen molar-refractivity contribution in [1.82, 2.24) is 0 Å². The highest BCUT2D eigenvalue weighted by Crippen LogP contribution is 2.39. The Hall–Kier alpha value is -0.710. The van der Waals surface area contributed by atoms with Gasteiger partial charge in [-0.3, -0.25) is 0 Å². The number of benzene rings is 2. The van der Waals surface area contributed by atoms with Crippen molar-refractivity contribution in [3.63, 3.8) is 0 Å². The molecule has 0 radical (unpaired) electrons. The van der Waals surface area contributed by atoms with E-state index in [9.17, 15) is 13.2 Å². The van der Waals surface area contributed by atoms with Gasteiger partial charge in [-0.1, -0.05) is 23.7 Å². The minimum Gasteiger partial charge on any atom is -0.207 e. The predicted molar refractivity (Wildman–Crippen MR) is 73.2 cm³/mol. The van der Waals surface area contributed by atoms with Gasteiger partial charge in [-0.05, 0) is 27.6 Å². The number of alkyl halides is 1. The smallest absolute Gasteiger partial charge is 0.134 e. The molecule has 0 bridgehead atoms. The number of hydrogen-bond donors (Lipinski definition) is 0. The Morgan fingerprint density at radius 2 is 1.63 bits per heavy atom. The van der Waals surface area contributed by atoms with Gasteiger partial charge in [0.1, 0.15) is 17.5 Å². The van der Waals surface area contributed by atoms with Gasteiger partial charge in [-0.25, -0.2) is 13.2 Å². The van der Waals surface area contributed by atoms with Crippen LogP contribution in [0.3, 0.4) is 0 Å². The molecule has 0 nitrogen and oxygen atoms in total. The van der Waals surface area contributed by atoms with E-state index in [2.05, 4.69) is 15.9 Å². The van der Waals surface area contributed by atoms with Crippen LogP contribution < -0.4 is 0 Å². The largest absolute Gasteiger partial charge is 0.207 e. The Labute approximate surface area is 126 Å². The van der Waals surface area contributed by atoms with Crippen molar-refractivity contribution in [2.24, 2.45) is 0 Å². The topological polar surface area (TPSA) is 0 Å². The normalized spacial score (nSPS) is 12.5. The lowest BCUT2D eigenvalue weighted by molar-refractivity contribution is 0.526. The Kier molecular flexibility index (Phi) is 4.43. The molecule has 0 fully saturated rings. The molecule has 0 spiro atoms. The molecule has 19 heavy (non-hydrogen) atoms. The minimum absolute atomic E-state index is 0.255. The average Bonchev–Trinajstić information content (AvgIpc) is 2.31. The molecule has 0 amide bonds. The summed E-state index contributed by atoms with van der Waals surface area (Å²) in [5.41, 5.74) is -0.0924. The zero-order valence-corrected chi connectivity index (χ0v) is 12.3. The Balaban J connectivity index is 2.56. The van der Waals surface area contributed by atoms with E-state index in [0.29, 0.717) is 22.2 Å². The predicted octanol–water partition coefficient (Wildman–Crippen LogP) is 5.85. The SMILES string of the molecule is Fc1cc(F)c(C(Cl)c2cccc(Br)c2Cl)c(F)c1. The van der Waals surface area contributed by atoms with E-state index in [0.717, 1.165) is 0 Å². The molecule has 2 rings (SSSR count). The standard InChI is InChI=1S/C13H6BrCl2F3/c14-8-3-1-2-7(12(8)15)13(16)11-9(18)4-6(17)5-10(11)19/h1-5,13H. The molecule has 0 aromatic heterocycles. The molecule has 0 saturated carbocycles. The molecule has 2 aromatic rings. The van der Waals surface area contributed by atoms with Crippen LogP contribution in [0.1, 0.15) is 16.5 Å². The first kappa shape index (κ1) is 14.7. The Bertz CT molecular complexity index is 608. The van der Waals surface area contributed by atoms with Gasteiger partial charge in [0.05, 0.1) is 10.4 Å². The molecular formula is C13H6BrCl2F3. The minimum atomic E-state index is -1.15. The zero-order chi connectivity index (χ0) is 14.2. The summed E-state index contributed by atoms with van der Waals surface area (Å²) in [6.45, 7) is 0. The first-order valence-corrected chi connectivity index (χ1v) is 6.75. The van der Waals surface area contributed by atoms with Gasteiger partial charge in [0.2, 0.25) is 0 Å². The molecule has 0 N–H and O–H groups in total. The summed E-state index contributed by atoms with van der Waals surface area (Å²) in [6.07, 6.45) is 0. The quantitative estimate of drug-likeness (QED) is 0.582. The maximum absolute atomic E-state index is 13.7. The summed E-state index contributed by atoms with van der Waals surface area (Å²) in [5, 5.41) is -0.892. The van der Waals surface area contributed by atoms with Crippen LogP contribution in [0, 0.1) is 17.5 Å². The molecule has 0 saturated heterocycles. The molecule has 1 unspecified atom stereocenters. The third kappa shape index (κ3) is 2.91. The van der Waals surface area contributed by atoms with E-state index in [1.54, 1.807) is 18.2 Å². The van der Waals surface area contributed by atoms with Gasteiger partial charge in [0.15, 0.2) is 0 Å². The third-order valence-electron chi connectivity index (χ3n) is 2.55. The van der Waals surface area contributed by atoms with Crippen LogP contribution in [0.4, 0.5) is 13.2 Å². The second kappa shape index (κ2) is 5.73. The molecule has 0 heterocycles. The highest BCUT2D eigenvalue weighted by molar-refractivity contribution is 9.10. The van der Waals surface area contributed by atoms with Gasteiger partial charge in [0, 0.05) is 22.2 Å². The monoisotopic (exact) mass is 368 g/mol. The van der Waals surface area contributed by atoms with Crippen LogP contribution in [0.15, 0.2) is 34.8 Å². The summed E-state index contributed by atoms with van der Waals surface area (Å²) < 4.78 is 40.7. The highest BCUT2D eigenvalue weighted by Gasteiger charge is 2.23. The van der Waals surface area contributed by atoms with Gasteiger partial charge in [-0.2, -0.15) is 0 Å². The number of hydrogen-bond acceptors (Lipinski definition) is 0. The van der Waals surface area contributed by atoms with Gasteiger partial charge >= 0.3 is 0 Å². The maximum atomic E-state index is 13.7. The summed E-state index contributed by atoms with van der Waals surface area (Å²) >= 11 is 15.3. The van der Waals surface area contributed by atoms with E-state index in [1.807, 2.05) is 0 Å². The fraction of sp³-hybridized carbons (Fsp3) is 0.0769. The number of halogens is 6.